The van der Waals surface area contributed by atoms with Gasteiger partial charge in [0, 0.05) is 24.3 Å². The third-order valence-electron chi connectivity index (χ3n) is 4.75. The number of aryl methyl sites for hydroxylation is 2. The molecule has 2 aromatic rings. The first-order chi connectivity index (χ1) is 10.7. The molecule has 2 heterocycles. The van der Waals surface area contributed by atoms with Crippen LogP contribution in [0.5, 0.6) is 0 Å². The summed E-state index contributed by atoms with van der Waals surface area (Å²) < 4.78 is 13.5. The van der Waals surface area contributed by atoms with Crippen LogP contribution >= 0.6 is 0 Å². The van der Waals surface area contributed by atoms with Crippen molar-refractivity contribution in [3.8, 4) is 0 Å². The van der Waals surface area contributed by atoms with Gasteiger partial charge < -0.3 is 4.90 Å². The Labute approximate surface area is 130 Å². The fourth-order valence-corrected chi connectivity index (χ4v) is 3.66. The van der Waals surface area contributed by atoms with Crippen molar-refractivity contribution in [2.24, 2.45) is 0 Å². The smallest absolute Gasteiger partial charge is 0.136 e. The summed E-state index contributed by atoms with van der Waals surface area (Å²) in [6, 6.07) is 5.15. The van der Waals surface area contributed by atoms with Gasteiger partial charge in [-0.05, 0) is 62.3 Å². The van der Waals surface area contributed by atoms with Gasteiger partial charge in [0.1, 0.15) is 17.5 Å². The standard InChI is InChI=1S/C18H20FN3/c1-12-20-17-5-3-2-4-16(17)18(21-12)22-9-8-13-6-7-15(19)10-14(13)11-22/h6-7,10H,2-5,8-9,11H2,1H3. The molecule has 0 saturated heterocycles. The predicted octanol–water partition coefficient (Wildman–Crippen LogP) is 3.37. The van der Waals surface area contributed by atoms with Gasteiger partial charge in [-0.2, -0.15) is 0 Å². The van der Waals surface area contributed by atoms with Crippen LogP contribution < -0.4 is 4.90 Å². The average Bonchev–Trinajstić information content (AvgIpc) is 2.53. The van der Waals surface area contributed by atoms with E-state index in [1.165, 1.54) is 29.7 Å². The normalized spacial score (nSPS) is 17.1. The van der Waals surface area contributed by atoms with E-state index in [1.54, 1.807) is 12.1 Å². The summed E-state index contributed by atoms with van der Waals surface area (Å²) in [4.78, 5) is 11.7. The maximum Gasteiger partial charge on any atom is 0.136 e. The molecule has 0 amide bonds. The summed E-state index contributed by atoms with van der Waals surface area (Å²) >= 11 is 0. The molecule has 0 radical (unpaired) electrons. The number of aromatic nitrogens is 2. The molecule has 0 spiro atoms. The number of rotatable bonds is 1. The van der Waals surface area contributed by atoms with Crippen LogP contribution in [0.25, 0.3) is 0 Å². The van der Waals surface area contributed by atoms with Crippen molar-refractivity contribution in [2.45, 2.75) is 45.6 Å². The average molecular weight is 297 g/mol. The minimum absolute atomic E-state index is 0.151. The lowest BCUT2D eigenvalue weighted by Gasteiger charge is -2.32. The van der Waals surface area contributed by atoms with Crippen molar-refractivity contribution in [3.05, 3.63) is 52.2 Å². The zero-order valence-corrected chi connectivity index (χ0v) is 12.9. The Bertz CT molecular complexity index is 727. The highest BCUT2D eigenvalue weighted by atomic mass is 19.1. The maximum absolute atomic E-state index is 13.5. The van der Waals surface area contributed by atoms with Crippen molar-refractivity contribution in [3.63, 3.8) is 0 Å². The van der Waals surface area contributed by atoms with Gasteiger partial charge in [0.05, 0.1) is 0 Å². The van der Waals surface area contributed by atoms with Gasteiger partial charge in [0.25, 0.3) is 0 Å². The van der Waals surface area contributed by atoms with E-state index in [2.05, 4.69) is 9.88 Å². The molecular weight excluding hydrogens is 277 g/mol. The molecule has 2 aliphatic rings. The second-order valence-electron chi connectivity index (χ2n) is 6.31. The van der Waals surface area contributed by atoms with E-state index in [9.17, 15) is 4.39 Å². The van der Waals surface area contributed by atoms with Crippen LogP contribution in [0.15, 0.2) is 18.2 Å². The van der Waals surface area contributed by atoms with E-state index in [-0.39, 0.29) is 5.82 Å². The van der Waals surface area contributed by atoms with Crippen LogP contribution in [0, 0.1) is 12.7 Å². The molecule has 1 aromatic heterocycles. The molecule has 0 saturated carbocycles. The van der Waals surface area contributed by atoms with Crippen molar-refractivity contribution < 1.29 is 4.39 Å². The van der Waals surface area contributed by atoms with Crippen LogP contribution in [0.3, 0.4) is 0 Å². The SMILES string of the molecule is Cc1nc2c(c(N3CCc4ccc(F)cc4C3)n1)CCCC2. The van der Waals surface area contributed by atoms with Crippen LogP contribution in [0.4, 0.5) is 10.2 Å². The molecular formula is C18H20FN3. The van der Waals surface area contributed by atoms with E-state index >= 15 is 0 Å². The minimum Gasteiger partial charge on any atom is -0.352 e. The van der Waals surface area contributed by atoms with E-state index in [0.717, 1.165) is 49.6 Å². The van der Waals surface area contributed by atoms with E-state index in [0.29, 0.717) is 0 Å². The summed E-state index contributed by atoms with van der Waals surface area (Å²) in [6.45, 7) is 3.66. The van der Waals surface area contributed by atoms with Gasteiger partial charge in [-0.25, -0.2) is 14.4 Å². The summed E-state index contributed by atoms with van der Waals surface area (Å²) in [7, 11) is 0. The monoisotopic (exact) mass is 297 g/mol. The lowest BCUT2D eigenvalue weighted by molar-refractivity contribution is 0.615. The van der Waals surface area contributed by atoms with Crippen LogP contribution in [0.2, 0.25) is 0 Å². The number of benzene rings is 1. The van der Waals surface area contributed by atoms with Gasteiger partial charge in [-0.15, -0.1) is 0 Å². The predicted molar refractivity (Wildman–Crippen MR) is 84.6 cm³/mol. The summed E-state index contributed by atoms with van der Waals surface area (Å²) in [6.07, 6.45) is 5.51. The Kier molecular flexibility index (Phi) is 3.32. The lowest BCUT2D eigenvalue weighted by Crippen LogP contribution is -2.33. The third-order valence-corrected chi connectivity index (χ3v) is 4.75. The Morgan fingerprint density at radius 2 is 1.91 bits per heavy atom. The number of anilines is 1. The number of nitrogens with zero attached hydrogens (tertiary/aromatic N) is 3. The van der Waals surface area contributed by atoms with Crippen LogP contribution in [-0.2, 0) is 25.8 Å². The molecule has 1 aromatic carbocycles. The van der Waals surface area contributed by atoms with Gasteiger partial charge in [0.2, 0.25) is 0 Å². The Morgan fingerprint density at radius 1 is 1.05 bits per heavy atom. The van der Waals surface area contributed by atoms with Gasteiger partial charge in [-0.3, -0.25) is 0 Å². The Hall–Kier alpha value is -1.97. The molecule has 114 valence electrons. The molecule has 1 aliphatic heterocycles. The minimum atomic E-state index is -0.151. The quantitative estimate of drug-likeness (QED) is 0.808. The molecule has 0 atom stereocenters. The molecule has 0 N–H and O–H groups in total. The lowest BCUT2D eigenvalue weighted by atomic mass is 9.94. The van der Waals surface area contributed by atoms with Gasteiger partial charge >= 0.3 is 0 Å². The Balaban J connectivity index is 1.73. The van der Waals surface area contributed by atoms with E-state index in [1.807, 2.05) is 13.0 Å². The maximum atomic E-state index is 13.5. The topological polar surface area (TPSA) is 29.0 Å². The fourth-order valence-electron chi connectivity index (χ4n) is 3.66. The van der Waals surface area contributed by atoms with E-state index in [4.69, 9.17) is 4.98 Å². The first-order valence-corrected chi connectivity index (χ1v) is 8.09. The molecule has 22 heavy (non-hydrogen) atoms. The molecule has 1 aliphatic carbocycles. The highest BCUT2D eigenvalue weighted by Crippen LogP contribution is 2.31. The van der Waals surface area contributed by atoms with Crippen molar-refractivity contribution >= 4 is 5.82 Å². The van der Waals surface area contributed by atoms with Gasteiger partial charge in [-0.1, -0.05) is 6.07 Å². The second-order valence-corrected chi connectivity index (χ2v) is 6.31. The Morgan fingerprint density at radius 3 is 2.82 bits per heavy atom. The van der Waals surface area contributed by atoms with Crippen molar-refractivity contribution in [1.29, 1.82) is 0 Å². The van der Waals surface area contributed by atoms with Crippen LogP contribution in [0.1, 0.15) is 41.1 Å². The summed E-state index contributed by atoms with van der Waals surface area (Å²) in [5, 5.41) is 0. The highest BCUT2D eigenvalue weighted by molar-refractivity contribution is 5.52. The molecule has 3 nitrogen and oxygen atoms in total. The summed E-state index contributed by atoms with van der Waals surface area (Å²) in [5.41, 5.74) is 4.89. The largest absolute Gasteiger partial charge is 0.352 e. The molecule has 0 unspecified atom stereocenters. The molecule has 4 heteroatoms. The van der Waals surface area contributed by atoms with Crippen molar-refractivity contribution in [2.75, 3.05) is 11.4 Å². The molecule has 4 rings (SSSR count). The van der Waals surface area contributed by atoms with E-state index < -0.39 is 0 Å². The van der Waals surface area contributed by atoms with Gasteiger partial charge in [0.15, 0.2) is 0 Å². The zero-order chi connectivity index (χ0) is 15.1. The zero-order valence-electron chi connectivity index (χ0n) is 12.9. The fraction of sp³-hybridized carbons (Fsp3) is 0.444. The molecule has 0 fully saturated rings. The highest BCUT2D eigenvalue weighted by Gasteiger charge is 2.24. The first-order valence-electron chi connectivity index (χ1n) is 8.09. The van der Waals surface area contributed by atoms with Crippen LogP contribution in [-0.4, -0.2) is 16.5 Å². The number of fused-ring (bicyclic) bond motifs is 2. The summed E-state index contributed by atoms with van der Waals surface area (Å²) in [5.74, 6) is 1.78. The molecule has 0 bridgehead atoms. The number of halogens is 1. The third kappa shape index (κ3) is 2.36. The number of hydrogen-bond donors (Lipinski definition) is 0. The first kappa shape index (κ1) is 13.7. The number of hydrogen-bond acceptors (Lipinski definition) is 3. The van der Waals surface area contributed by atoms with Crippen molar-refractivity contribution in [1.82, 2.24) is 9.97 Å². The second kappa shape index (κ2) is 5.34.